The number of carboxylic acid groups (broad SMARTS) is 1. The maximum atomic E-state index is 15.6. The number of nitrogens with one attached hydrogen (secondary N) is 1. The van der Waals surface area contributed by atoms with Crippen LogP contribution < -0.4 is 15.6 Å². The van der Waals surface area contributed by atoms with Gasteiger partial charge in [0.1, 0.15) is 29.2 Å². The first-order valence-corrected chi connectivity index (χ1v) is 12.9. The Morgan fingerprint density at radius 3 is 2.40 bits per heavy atom. The molecule has 0 fully saturated rings. The lowest BCUT2D eigenvalue weighted by molar-refractivity contribution is -0.138. The molecule has 12 heteroatoms. The Kier molecular flexibility index (Phi) is 7.55. The van der Waals surface area contributed by atoms with Crippen molar-refractivity contribution in [3.63, 3.8) is 0 Å². The number of carbonyl (C=O) groups is 2. The van der Waals surface area contributed by atoms with Gasteiger partial charge in [-0.25, -0.2) is 8.78 Å². The van der Waals surface area contributed by atoms with Crippen LogP contribution in [0.2, 0.25) is 0 Å². The van der Waals surface area contributed by atoms with E-state index in [1.165, 1.54) is 25.1 Å². The highest BCUT2D eigenvalue weighted by atomic mass is 19.4. The van der Waals surface area contributed by atoms with Crippen LogP contribution >= 0.6 is 0 Å². The molecule has 0 spiro atoms. The van der Waals surface area contributed by atoms with Gasteiger partial charge in [-0.1, -0.05) is 12.1 Å². The van der Waals surface area contributed by atoms with Crippen LogP contribution in [0.25, 0.3) is 11.1 Å². The molecule has 0 radical (unpaired) electrons. The summed E-state index contributed by atoms with van der Waals surface area (Å²) in [7, 11) is 0. The number of aromatic nitrogens is 1. The lowest BCUT2D eigenvalue weighted by atomic mass is 9.92. The number of aliphatic carboxylic acids is 1. The molecule has 3 aromatic carbocycles. The van der Waals surface area contributed by atoms with Gasteiger partial charge >= 0.3 is 12.1 Å². The fraction of sp³-hybridized carbons (Fsp3) is 0.194. The third-order valence-electron chi connectivity index (χ3n) is 7.17. The van der Waals surface area contributed by atoms with Gasteiger partial charge in [0.2, 0.25) is 5.91 Å². The van der Waals surface area contributed by atoms with Gasteiger partial charge in [0.25, 0.3) is 5.56 Å². The lowest BCUT2D eigenvalue weighted by Crippen LogP contribution is -2.40. The molecule has 1 amide bonds. The quantitative estimate of drug-likeness (QED) is 0.264. The normalized spacial score (nSPS) is 16.6. The summed E-state index contributed by atoms with van der Waals surface area (Å²) in [6, 6.07) is 8.71. The van der Waals surface area contributed by atoms with Crippen molar-refractivity contribution < 1.29 is 41.4 Å². The largest absolute Gasteiger partial charge is 0.481 e. The highest BCUT2D eigenvalue weighted by Crippen LogP contribution is 2.40. The van der Waals surface area contributed by atoms with Crippen LogP contribution in [0, 0.1) is 25.5 Å². The average molecular weight is 599 g/mol. The molecule has 4 aromatic rings. The molecule has 2 unspecified atom stereocenters. The van der Waals surface area contributed by atoms with E-state index in [0.29, 0.717) is 33.5 Å². The molecule has 7 nitrogen and oxygen atoms in total. The van der Waals surface area contributed by atoms with E-state index in [9.17, 15) is 32.7 Å². The van der Waals surface area contributed by atoms with E-state index >= 15 is 8.78 Å². The lowest BCUT2D eigenvalue weighted by Gasteiger charge is -2.25. The molecule has 1 aromatic heterocycles. The second kappa shape index (κ2) is 11.0. The number of hydrogen-bond acceptors (Lipinski definition) is 4. The van der Waals surface area contributed by atoms with Gasteiger partial charge in [0, 0.05) is 29.0 Å². The Bertz CT molecular complexity index is 1830. The molecule has 5 rings (SSSR count). The number of carbonyl (C=O) groups excluding carboxylic acids is 1. The second-order valence-corrected chi connectivity index (χ2v) is 10.2. The Morgan fingerprint density at radius 1 is 0.977 bits per heavy atom. The van der Waals surface area contributed by atoms with E-state index in [4.69, 9.17) is 4.74 Å². The highest BCUT2D eigenvalue weighted by molar-refractivity contribution is 5.85. The summed E-state index contributed by atoms with van der Waals surface area (Å²) >= 11 is 0. The van der Waals surface area contributed by atoms with Crippen LogP contribution in [0.3, 0.4) is 0 Å². The van der Waals surface area contributed by atoms with E-state index in [-0.39, 0.29) is 28.7 Å². The van der Waals surface area contributed by atoms with Crippen LogP contribution in [0.1, 0.15) is 46.3 Å². The molecule has 0 saturated heterocycles. The van der Waals surface area contributed by atoms with Crippen molar-refractivity contribution in [3.05, 3.63) is 117 Å². The van der Waals surface area contributed by atoms with Crippen molar-refractivity contribution in [1.82, 2.24) is 9.88 Å². The first kappa shape index (κ1) is 29.5. The van der Waals surface area contributed by atoms with Gasteiger partial charge in [-0.15, -0.1) is 0 Å². The van der Waals surface area contributed by atoms with Gasteiger partial charge < -0.3 is 15.2 Å². The van der Waals surface area contributed by atoms with Gasteiger partial charge in [0.05, 0.1) is 18.0 Å². The van der Waals surface area contributed by atoms with Crippen LogP contribution in [-0.2, 0) is 15.8 Å². The molecule has 2 N–H and O–H groups in total. The van der Waals surface area contributed by atoms with Gasteiger partial charge in [-0.3, -0.25) is 19.0 Å². The number of fused-ring (bicyclic) bond motifs is 6. The van der Waals surface area contributed by atoms with Crippen LogP contribution in [-0.4, -0.2) is 21.6 Å². The summed E-state index contributed by atoms with van der Waals surface area (Å²) in [4.78, 5) is 38.7. The van der Waals surface area contributed by atoms with Gasteiger partial charge in [-0.2, -0.15) is 13.2 Å². The van der Waals surface area contributed by atoms with Crippen molar-refractivity contribution in [2.24, 2.45) is 0 Å². The molecule has 222 valence electrons. The molecular weight excluding hydrogens is 575 g/mol. The first-order valence-electron chi connectivity index (χ1n) is 12.9. The molecule has 43 heavy (non-hydrogen) atoms. The standard InChI is InChI=1S/C31H23F5N2O5/c1-15-4-3-5-24-27(15)17-10-16(2)28(33)21(11-17)23(14-26(40)41)37-30(42)29(20-13-19(43-24)6-7-22(20)32)38-9-8-18(12-25(38)39)31(34,35)36/h3-13,23,29H,14H2,1-2H3,(H,37,42)(H,40,41). The minimum absolute atomic E-state index is 0.0291. The molecule has 1 aliphatic rings. The van der Waals surface area contributed by atoms with Crippen LogP contribution in [0.5, 0.6) is 11.5 Å². The number of rotatable bonds is 3. The van der Waals surface area contributed by atoms with Crippen molar-refractivity contribution in [3.8, 4) is 22.6 Å². The number of aryl methyl sites for hydroxylation is 2. The number of pyridine rings is 1. The van der Waals surface area contributed by atoms with Crippen molar-refractivity contribution in [2.75, 3.05) is 0 Å². The van der Waals surface area contributed by atoms with Gasteiger partial charge in [0.15, 0.2) is 0 Å². The zero-order chi connectivity index (χ0) is 31.2. The van der Waals surface area contributed by atoms with E-state index in [1.54, 1.807) is 25.1 Å². The third-order valence-corrected chi connectivity index (χ3v) is 7.17. The maximum Gasteiger partial charge on any atom is 0.416 e. The third kappa shape index (κ3) is 5.72. The van der Waals surface area contributed by atoms with Crippen molar-refractivity contribution in [2.45, 2.75) is 38.5 Å². The molecule has 0 aliphatic carbocycles. The second-order valence-electron chi connectivity index (χ2n) is 10.2. The predicted octanol–water partition coefficient (Wildman–Crippen LogP) is 6.46. The van der Waals surface area contributed by atoms with Gasteiger partial charge in [-0.05, 0) is 73.0 Å². The number of nitrogens with zero attached hydrogens (tertiary/aromatic N) is 1. The Morgan fingerprint density at radius 2 is 1.72 bits per heavy atom. The summed E-state index contributed by atoms with van der Waals surface area (Å²) < 4.78 is 77.6. The number of alkyl halides is 3. The summed E-state index contributed by atoms with van der Waals surface area (Å²) in [5.74, 6) is -4.09. The van der Waals surface area contributed by atoms with Crippen LogP contribution in [0.4, 0.5) is 22.0 Å². The van der Waals surface area contributed by atoms with Crippen LogP contribution in [0.15, 0.2) is 71.7 Å². The number of ether oxygens (including phenoxy) is 1. The number of hydrogen-bond donors (Lipinski definition) is 2. The molecule has 0 saturated carbocycles. The SMILES string of the molecule is Cc1cc2cc(c1F)C(CC(=O)O)NC(=O)C(n1ccc(C(F)(F)F)cc1=O)c1cc(ccc1F)Oc1cccc(C)c1-2. The Balaban J connectivity index is 1.81. The summed E-state index contributed by atoms with van der Waals surface area (Å²) in [5.41, 5.74) is -1.43. The highest BCUT2D eigenvalue weighted by Gasteiger charge is 2.35. The average Bonchev–Trinajstić information content (AvgIpc) is 2.92. The topological polar surface area (TPSA) is 97.6 Å². The van der Waals surface area contributed by atoms with E-state index in [2.05, 4.69) is 5.32 Å². The summed E-state index contributed by atoms with van der Waals surface area (Å²) in [6.07, 6.45) is -4.99. The van der Waals surface area contributed by atoms with Crippen molar-refractivity contribution in [1.29, 1.82) is 0 Å². The van der Waals surface area contributed by atoms with E-state index in [0.717, 1.165) is 12.1 Å². The number of amides is 1. The molecule has 2 atom stereocenters. The fourth-order valence-corrected chi connectivity index (χ4v) is 5.17. The molecule has 4 bridgehead atoms. The first-order chi connectivity index (χ1) is 20.2. The Labute approximate surface area is 241 Å². The minimum atomic E-state index is -4.87. The Hall–Kier alpha value is -5.00. The summed E-state index contributed by atoms with van der Waals surface area (Å²) in [5, 5.41) is 12.1. The number of carboxylic acids is 1. The van der Waals surface area contributed by atoms with E-state index < -0.39 is 64.9 Å². The van der Waals surface area contributed by atoms with Crippen molar-refractivity contribution >= 4 is 11.9 Å². The number of halogens is 5. The predicted molar refractivity (Wildman–Crippen MR) is 145 cm³/mol. The monoisotopic (exact) mass is 598 g/mol. The fourth-order valence-electron chi connectivity index (χ4n) is 5.17. The zero-order valence-electron chi connectivity index (χ0n) is 22.6. The molecule has 1 aliphatic heterocycles. The van der Waals surface area contributed by atoms with E-state index in [1.807, 2.05) is 0 Å². The zero-order valence-corrected chi connectivity index (χ0v) is 22.6. The smallest absolute Gasteiger partial charge is 0.416 e. The molecular formula is C31H23F5N2O5. The number of benzene rings is 3. The molecule has 2 heterocycles. The minimum Gasteiger partial charge on any atom is -0.481 e. The maximum absolute atomic E-state index is 15.6. The summed E-state index contributed by atoms with van der Waals surface area (Å²) in [6.45, 7) is 3.24.